The van der Waals surface area contributed by atoms with Gasteiger partial charge in [0.05, 0.1) is 0 Å². The van der Waals surface area contributed by atoms with Crippen molar-refractivity contribution in [2.45, 2.75) is 81.1 Å². The molecule has 2 amide bonds. The maximum absolute atomic E-state index is 13.8. The fraction of sp³-hybridized carbons (Fsp3) is 0.533. The van der Waals surface area contributed by atoms with E-state index >= 15 is 0 Å². The summed E-state index contributed by atoms with van der Waals surface area (Å²) in [7, 11) is 0. The van der Waals surface area contributed by atoms with Gasteiger partial charge in [0.15, 0.2) is 0 Å². The largest absolute Gasteiger partial charge is 2.00 e. The number of benzene rings is 2. The standard InChI is InChI=1S/2C15H20F2NO.Ti/c2*1-5-6-9-18(14(19)15(2,3)4)13-8-7-11(16)10-12(13)17;/h2*7-8H,5-6,9H2,1-4H3;/q2*-1;+2. The van der Waals surface area contributed by atoms with Gasteiger partial charge >= 0.3 is 21.7 Å². The van der Waals surface area contributed by atoms with Crippen molar-refractivity contribution in [2.75, 3.05) is 22.9 Å². The van der Waals surface area contributed by atoms with Crippen molar-refractivity contribution in [3.8, 4) is 0 Å². The Kier molecular flexibility index (Phi) is 15.3. The molecule has 0 bridgehead atoms. The van der Waals surface area contributed by atoms with E-state index in [2.05, 4.69) is 0 Å². The van der Waals surface area contributed by atoms with Crippen LogP contribution in [0.1, 0.15) is 81.1 Å². The first kappa shape index (κ1) is 36.8. The second-order valence-electron chi connectivity index (χ2n) is 11.1. The van der Waals surface area contributed by atoms with Gasteiger partial charge in [0, 0.05) is 47.2 Å². The Morgan fingerprint density at radius 2 is 0.974 bits per heavy atom. The summed E-state index contributed by atoms with van der Waals surface area (Å²) < 4.78 is 53.4. The van der Waals surface area contributed by atoms with Gasteiger partial charge < -0.3 is 9.80 Å². The maximum atomic E-state index is 13.8. The first-order valence-electron chi connectivity index (χ1n) is 12.9. The van der Waals surface area contributed by atoms with Crippen LogP contribution in [0.4, 0.5) is 28.9 Å². The van der Waals surface area contributed by atoms with Crippen LogP contribution in [0.3, 0.4) is 0 Å². The number of unbranched alkanes of at least 4 members (excludes halogenated alkanes) is 2. The zero-order valence-corrected chi connectivity index (χ0v) is 25.8. The van der Waals surface area contributed by atoms with Gasteiger partial charge in [-0.2, -0.15) is 0 Å². The number of hydrogen-bond acceptors (Lipinski definition) is 2. The Bertz CT molecular complexity index is 996. The van der Waals surface area contributed by atoms with E-state index < -0.39 is 34.1 Å². The number of halogens is 4. The molecule has 2 aromatic rings. The Morgan fingerprint density at radius 3 is 1.21 bits per heavy atom. The summed E-state index contributed by atoms with van der Waals surface area (Å²) >= 11 is 0. The summed E-state index contributed by atoms with van der Waals surface area (Å²) in [6, 6.07) is 8.77. The van der Waals surface area contributed by atoms with Crippen LogP contribution in [0, 0.1) is 46.2 Å². The first-order valence-corrected chi connectivity index (χ1v) is 12.9. The molecule has 0 saturated carbocycles. The predicted octanol–water partition coefficient (Wildman–Crippen LogP) is 7.89. The summed E-state index contributed by atoms with van der Waals surface area (Å²) in [5.74, 6) is -3.54. The Labute approximate surface area is 246 Å². The third-order valence-corrected chi connectivity index (χ3v) is 5.51. The number of amides is 2. The molecule has 214 valence electrons. The molecule has 0 atom stereocenters. The molecule has 0 aliphatic heterocycles. The zero-order valence-electron chi connectivity index (χ0n) is 24.3. The SMILES string of the molecule is CCCCN(C(=O)C(C)(C)C)c1ccc(F)[c-]c1F.CCCCN(C(=O)C(C)(C)C)c1ccc(F)[c-]c1F.[Ti+2]. The van der Waals surface area contributed by atoms with E-state index in [1.54, 1.807) is 41.5 Å². The molecule has 0 saturated heterocycles. The molecule has 4 nitrogen and oxygen atoms in total. The van der Waals surface area contributed by atoms with Crippen molar-refractivity contribution < 1.29 is 48.9 Å². The van der Waals surface area contributed by atoms with Crippen LogP contribution in [0.2, 0.25) is 0 Å². The van der Waals surface area contributed by atoms with E-state index in [9.17, 15) is 27.2 Å². The maximum Gasteiger partial charge on any atom is 2.00 e. The molecule has 0 unspecified atom stereocenters. The monoisotopic (exact) mass is 584 g/mol. The molecule has 0 heterocycles. The van der Waals surface area contributed by atoms with Crippen LogP contribution in [0.5, 0.6) is 0 Å². The number of carbonyl (C=O) groups is 2. The molecule has 0 aromatic heterocycles. The van der Waals surface area contributed by atoms with Crippen molar-refractivity contribution >= 4 is 23.2 Å². The molecule has 0 aliphatic rings. The van der Waals surface area contributed by atoms with Gasteiger partial charge in [-0.1, -0.05) is 68.2 Å². The van der Waals surface area contributed by atoms with E-state index in [1.165, 1.54) is 21.9 Å². The van der Waals surface area contributed by atoms with Crippen molar-refractivity contribution in [3.05, 3.63) is 59.7 Å². The fourth-order valence-corrected chi connectivity index (χ4v) is 3.39. The van der Waals surface area contributed by atoms with Crippen LogP contribution in [-0.4, -0.2) is 24.9 Å². The molecule has 0 N–H and O–H groups in total. The second kappa shape index (κ2) is 16.2. The normalized spacial score (nSPS) is 11.2. The van der Waals surface area contributed by atoms with Crippen LogP contribution in [0.25, 0.3) is 0 Å². The smallest absolute Gasteiger partial charge is 0.363 e. The molecule has 0 spiro atoms. The molecule has 39 heavy (non-hydrogen) atoms. The number of anilines is 2. The molecule has 0 fully saturated rings. The molecule has 2 aromatic carbocycles. The van der Waals surface area contributed by atoms with Gasteiger partial charge in [0.1, 0.15) is 0 Å². The third kappa shape index (κ3) is 11.4. The molecule has 9 heteroatoms. The molecule has 0 aliphatic carbocycles. The summed E-state index contributed by atoms with van der Waals surface area (Å²) in [5.41, 5.74) is -1.05. The number of rotatable bonds is 8. The van der Waals surface area contributed by atoms with Gasteiger partial charge in [-0.05, 0) is 24.2 Å². The molecule has 2 rings (SSSR count). The van der Waals surface area contributed by atoms with Gasteiger partial charge in [-0.3, -0.25) is 9.59 Å². The van der Waals surface area contributed by atoms with Crippen LogP contribution in [-0.2, 0) is 31.3 Å². The van der Waals surface area contributed by atoms with Crippen molar-refractivity contribution in [1.29, 1.82) is 0 Å². The van der Waals surface area contributed by atoms with Crippen molar-refractivity contribution in [3.63, 3.8) is 0 Å². The summed E-state index contributed by atoms with van der Waals surface area (Å²) in [5, 5.41) is 0. The van der Waals surface area contributed by atoms with Gasteiger partial charge in [-0.15, -0.1) is 36.4 Å². The minimum Gasteiger partial charge on any atom is -0.363 e. The van der Waals surface area contributed by atoms with Crippen LogP contribution >= 0.6 is 0 Å². The Balaban J connectivity index is 0.000000722. The summed E-state index contributed by atoms with van der Waals surface area (Å²) in [4.78, 5) is 27.5. The minimum absolute atomic E-state index is 0. The van der Waals surface area contributed by atoms with E-state index in [0.29, 0.717) is 13.1 Å². The average molecular weight is 585 g/mol. The Morgan fingerprint density at radius 1 is 0.667 bits per heavy atom. The first-order chi connectivity index (χ1) is 17.5. The van der Waals surface area contributed by atoms with Crippen molar-refractivity contribution in [1.82, 2.24) is 0 Å². The molecular weight excluding hydrogens is 544 g/mol. The van der Waals surface area contributed by atoms with E-state index in [4.69, 9.17) is 0 Å². The quantitative estimate of drug-likeness (QED) is 0.180. The summed E-state index contributed by atoms with van der Waals surface area (Å²) in [6.07, 6.45) is 3.30. The van der Waals surface area contributed by atoms with Gasteiger partial charge in [0.2, 0.25) is 11.8 Å². The number of nitrogens with zero attached hydrogens (tertiary/aromatic N) is 2. The van der Waals surface area contributed by atoms with Gasteiger partial charge in [-0.25, -0.2) is 17.6 Å². The molecular formula is C30H40F4N2O2Ti. The van der Waals surface area contributed by atoms with Gasteiger partial charge in [0.25, 0.3) is 0 Å². The number of carbonyl (C=O) groups excluding carboxylic acids is 2. The van der Waals surface area contributed by atoms with Crippen LogP contribution in [0.15, 0.2) is 24.3 Å². The topological polar surface area (TPSA) is 40.6 Å². The summed E-state index contributed by atoms with van der Waals surface area (Å²) in [6.45, 7) is 15.5. The predicted molar refractivity (Wildman–Crippen MR) is 144 cm³/mol. The number of hydrogen-bond donors (Lipinski definition) is 0. The van der Waals surface area contributed by atoms with Crippen molar-refractivity contribution in [2.24, 2.45) is 10.8 Å². The fourth-order valence-electron chi connectivity index (χ4n) is 3.39. The van der Waals surface area contributed by atoms with E-state index in [-0.39, 0.29) is 44.9 Å². The van der Waals surface area contributed by atoms with Crippen LogP contribution < -0.4 is 9.80 Å². The van der Waals surface area contributed by atoms with E-state index in [0.717, 1.165) is 37.8 Å². The third-order valence-electron chi connectivity index (χ3n) is 5.51. The Hall–Kier alpha value is -2.19. The molecule has 0 radical (unpaired) electrons. The minimum atomic E-state index is -0.825. The average Bonchev–Trinajstić information content (AvgIpc) is 2.80. The second-order valence-corrected chi connectivity index (χ2v) is 11.1. The van der Waals surface area contributed by atoms with E-state index in [1.807, 2.05) is 26.0 Å². The zero-order chi connectivity index (χ0) is 29.3.